The molecule has 2 heterocycles. The van der Waals surface area contributed by atoms with Crippen molar-refractivity contribution < 1.29 is 13.2 Å². The molecule has 36 heavy (non-hydrogen) atoms. The average molecular weight is 504 g/mol. The minimum Gasteiger partial charge on any atom is -0.494 e. The van der Waals surface area contributed by atoms with E-state index in [9.17, 15) is 8.42 Å². The van der Waals surface area contributed by atoms with Gasteiger partial charge in [-0.1, -0.05) is 49.7 Å². The molecule has 1 fully saturated rings. The fourth-order valence-electron chi connectivity index (χ4n) is 4.76. The summed E-state index contributed by atoms with van der Waals surface area (Å²) < 4.78 is 34.1. The quantitative estimate of drug-likeness (QED) is 0.287. The van der Waals surface area contributed by atoms with Crippen LogP contribution in [0.25, 0.3) is 10.9 Å². The van der Waals surface area contributed by atoms with Gasteiger partial charge < -0.3 is 9.64 Å². The predicted molar refractivity (Wildman–Crippen MR) is 145 cm³/mol. The van der Waals surface area contributed by atoms with Gasteiger partial charge >= 0.3 is 0 Å². The van der Waals surface area contributed by atoms with Gasteiger partial charge in [-0.3, -0.25) is 4.90 Å². The third-order valence-electron chi connectivity index (χ3n) is 6.78. The Morgan fingerprint density at radius 3 is 2.31 bits per heavy atom. The fraction of sp³-hybridized carbons (Fsp3) is 0.310. The molecule has 1 saturated heterocycles. The van der Waals surface area contributed by atoms with E-state index >= 15 is 0 Å². The maximum Gasteiger partial charge on any atom is 0.268 e. The van der Waals surface area contributed by atoms with E-state index in [1.54, 1.807) is 30.5 Å². The van der Waals surface area contributed by atoms with Gasteiger partial charge in [0.25, 0.3) is 10.0 Å². The van der Waals surface area contributed by atoms with E-state index in [0.717, 1.165) is 56.6 Å². The number of hydrogen-bond acceptors (Lipinski definition) is 5. The summed E-state index contributed by atoms with van der Waals surface area (Å²) in [6, 6.07) is 25.1. The summed E-state index contributed by atoms with van der Waals surface area (Å²) in [7, 11) is -3.72. The van der Waals surface area contributed by atoms with Crippen molar-refractivity contribution in [2.45, 2.75) is 31.2 Å². The Morgan fingerprint density at radius 2 is 1.58 bits per heavy atom. The first-order valence-corrected chi connectivity index (χ1v) is 14.1. The highest BCUT2D eigenvalue weighted by Crippen LogP contribution is 2.31. The number of benzene rings is 3. The van der Waals surface area contributed by atoms with E-state index in [0.29, 0.717) is 17.9 Å². The van der Waals surface area contributed by atoms with Crippen LogP contribution in [0.5, 0.6) is 5.75 Å². The van der Waals surface area contributed by atoms with E-state index in [1.165, 1.54) is 9.54 Å². The highest BCUT2D eigenvalue weighted by Gasteiger charge is 2.23. The van der Waals surface area contributed by atoms with Crippen molar-refractivity contribution in [2.75, 3.05) is 37.7 Å². The maximum atomic E-state index is 13.5. The molecule has 1 aliphatic heterocycles. The summed E-state index contributed by atoms with van der Waals surface area (Å²) in [5.41, 5.74) is 3.11. The van der Waals surface area contributed by atoms with Gasteiger partial charge in [-0.15, -0.1) is 0 Å². The highest BCUT2D eigenvalue weighted by atomic mass is 32.2. The Labute approximate surface area is 213 Å². The van der Waals surface area contributed by atoms with Gasteiger partial charge in [-0.25, -0.2) is 12.4 Å². The maximum absolute atomic E-state index is 13.5. The molecule has 0 radical (unpaired) electrons. The lowest BCUT2D eigenvalue weighted by molar-refractivity contribution is 0.250. The number of anilines is 1. The largest absolute Gasteiger partial charge is 0.494 e. The zero-order chi connectivity index (χ0) is 25.0. The van der Waals surface area contributed by atoms with E-state index in [-0.39, 0.29) is 4.90 Å². The van der Waals surface area contributed by atoms with Crippen molar-refractivity contribution >= 4 is 26.6 Å². The summed E-state index contributed by atoms with van der Waals surface area (Å²) >= 11 is 0. The number of rotatable bonds is 9. The second kappa shape index (κ2) is 10.8. The number of aromatic nitrogens is 1. The Balaban J connectivity index is 1.33. The van der Waals surface area contributed by atoms with Crippen LogP contribution in [0.15, 0.2) is 90.0 Å². The lowest BCUT2D eigenvalue weighted by atomic mass is 10.1. The molecule has 6 nitrogen and oxygen atoms in total. The van der Waals surface area contributed by atoms with Gasteiger partial charge in [0.2, 0.25) is 0 Å². The normalized spacial score (nSPS) is 14.9. The summed E-state index contributed by atoms with van der Waals surface area (Å²) in [6.07, 6.45) is 3.69. The van der Waals surface area contributed by atoms with Crippen molar-refractivity contribution in [3.63, 3.8) is 0 Å². The number of unbranched alkanes of at least 4 members (excludes halogenated alkanes) is 1. The Bertz CT molecular complexity index is 1390. The van der Waals surface area contributed by atoms with Crippen molar-refractivity contribution in [2.24, 2.45) is 0 Å². The van der Waals surface area contributed by atoms with E-state index in [2.05, 4.69) is 47.1 Å². The van der Waals surface area contributed by atoms with Gasteiger partial charge in [0.05, 0.1) is 17.0 Å². The Morgan fingerprint density at radius 1 is 0.833 bits per heavy atom. The first kappa shape index (κ1) is 24.4. The molecule has 0 spiro atoms. The summed E-state index contributed by atoms with van der Waals surface area (Å²) in [6.45, 7) is 7.45. The molecule has 0 atom stereocenters. The van der Waals surface area contributed by atoms with Gasteiger partial charge in [0.15, 0.2) is 0 Å². The third kappa shape index (κ3) is 5.13. The van der Waals surface area contributed by atoms with Crippen LogP contribution < -0.4 is 9.64 Å². The predicted octanol–water partition coefficient (Wildman–Crippen LogP) is 5.38. The molecular formula is C29H33N3O3S. The number of fused-ring (bicyclic) bond motifs is 1. The van der Waals surface area contributed by atoms with E-state index < -0.39 is 10.0 Å². The van der Waals surface area contributed by atoms with Crippen molar-refractivity contribution in [1.82, 2.24) is 8.87 Å². The minimum absolute atomic E-state index is 0.253. The van der Waals surface area contributed by atoms with Crippen LogP contribution in [0.3, 0.4) is 0 Å². The minimum atomic E-state index is -3.72. The van der Waals surface area contributed by atoms with Gasteiger partial charge in [-0.05, 0) is 54.4 Å². The standard InChI is InChI=1S/C29H33N3O3S/c1-2-3-22-35-25-12-14-26(15-13-25)36(33,34)32-17-16-27-28(10-7-11-29(27)32)31-20-18-30(19-21-31)23-24-8-5-4-6-9-24/h4-17H,2-3,18-23H2,1H3. The first-order valence-electron chi connectivity index (χ1n) is 12.7. The second-order valence-corrected chi connectivity index (χ2v) is 11.1. The fourth-order valence-corrected chi connectivity index (χ4v) is 6.10. The summed E-state index contributed by atoms with van der Waals surface area (Å²) in [4.78, 5) is 5.09. The van der Waals surface area contributed by atoms with Crippen LogP contribution in [0.4, 0.5) is 5.69 Å². The molecule has 3 aromatic carbocycles. The summed E-state index contributed by atoms with van der Waals surface area (Å²) in [5.74, 6) is 0.688. The number of hydrogen-bond donors (Lipinski definition) is 0. The molecular weight excluding hydrogens is 470 g/mol. The van der Waals surface area contributed by atoms with Crippen LogP contribution in [-0.4, -0.2) is 50.1 Å². The van der Waals surface area contributed by atoms with Gasteiger partial charge in [0, 0.05) is 50.0 Å². The van der Waals surface area contributed by atoms with Gasteiger partial charge in [-0.2, -0.15) is 0 Å². The molecule has 0 amide bonds. The third-order valence-corrected chi connectivity index (χ3v) is 8.49. The zero-order valence-corrected chi connectivity index (χ0v) is 21.5. The second-order valence-electron chi connectivity index (χ2n) is 9.25. The van der Waals surface area contributed by atoms with Crippen LogP contribution in [-0.2, 0) is 16.6 Å². The molecule has 5 rings (SSSR count). The average Bonchev–Trinajstić information content (AvgIpc) is 3.36. The van der Waals surface area contributed by atoms with Crippen molar-refractivity contribution in [3.8, 4) is 5.75 Å². The molecule has 0 saturated carbocycles. The number of ether oxygens (including phenoxy) is 1. The molecule has 0 N–H and O–H groups in total. The van der Waals surface area contributed by atoms with Gasteiger partial charge in [0.1, 0.15) is 5.75 Å². The lowest BCUT2D eigenvalue weighted by Crippen LogP contribution is -2.46. The number of nitrogens with zero attached hydrogens (tertiary/aromatic N) is 3. The Hall–Kier alpha value is -3.29. The van der Waals surface area contributed by atoms with Crippen LogP contribution in [0, 0.1) is 0 Å². The van der Waals surface area contributed by atoms with Crippen molar-refractivity contribution in [3.05, 3.63) is 90.6 Å². The monoisotopic (exact) mass is 503 g/mol. The number of piperazine rings is 1. The summed E-state index contributed by atoms with van der Waals surface area (Å²) in [5, 5.41) is 0.956. The molecule has 0 unspecified atom stereocenters. The zero-order valence-electron chi connectivity index (χ0n) is 20.7. The van der Waals surface area contributed by atoms with Crippen LogP contribution >= 0.6 is 0 Å². The topological polar surface area (TPSA) is 54.8 Å². The van der Waals surface area contributed by atoms with E-state index in [1.807, 2.05) is 24.3 Å². The van der Waals surface area contributed by atoms with Crippen LogP contribution in [0.1, 0.15) is 25.3 Å². The highest BCUT2D eigenvalue weighted by molar-refractivity contribution is 7.90. The van der Waals surface area contributed by atoms with E-state index in [4.69, 9.17) is 4.74 Å². The Kier molecular flexibility index (Phi) is 7.30. The lowest BCUT2D eigenvalue weighted by Gasteiger charge is -2.36. The molecule has 0 aliphatic carbocycles. The van der Waals surface area contributed by atoms with Crippen LogP contribution in [0.2, 0.25) is 0 Å². The van der Waals surface area contributed by atoms with Crippen molar-refractivity contribution in [1.29, 1.82) is 0 Å². The molecule has 7 heteroatoms. The molecule has 0 bridgehead atoms. The first-order chi connectivity index (χ1) is 17.6. The molecule has 188 valence electrons. The molecule has 1 aliphatic rings. The molecule has 1 aromatic heterocycles. The SMILES string of the molecule is CCCCOc1ccc(S(=O)(=O)n2ccc3c(N4CCN(Cc5ccccc5)CC4)cccc32)cc1. The smallest absolute Gasteiger partial charge is 0.268 e. The molecule has 4 aromatic rings.